The Morgan fingerprint density at radius 2 is 2.05 bits per heavy atom. The van der Waals surface area contributed by atoms with Crippen LogP contribution in [0, 0.1) is 12.7 Å². The van der Waals surface area contributed by atoms with Gasteiger partial charge in [0.1, 0.15) is 18.3 Å². The second kappa shape index (κ2) is 10.3. The molecule has 3 aromatic rings. The zero-order valence-electron chi connectivity index (χ0n) is 21.1. The van der Waals surface area contributed by atoms with Crippen molar-refractivity contribution in [1.82, 2.24) is 25.2 Å². The zero-order chi connectivity index (χ0) is 27.9. The molecule has 0 radical (unpaired) electrons. The molecule has 3 heterocycles. The van der Waals surface area contributed by atoms with E-state index in [1.54, 1.807) is 19.9 Å². The number of carbonyl (C=O) groups is 1. The second-order valence-corrected chi connectivity index (χ2v) is 11.1. The van der Waals surface area contributed by atoms with Gasteiger partial charge in [-0.25, -0.2) is 9.07 Å². The number of fused-ring (bicyclic) bond motifs is 1. The lowest BCUT2D eigenvalue weighted by Crippen LogP contribution is -2.34. The van der Waals surface area contributed by atoms with Gasteiger partial charge in [-0.2, -0.15) is 18.6 Å². The number of halogens is 2. The summed E-state index contributed by atoms with van der Waals surface area (Å²) in [6.07, 6.45) is 5.49. The minimum Gasteiger partial charge on any atom is -0.363 e. The Morgan fingerprint density at radius 1 is 1.28 bits per heavy atom. The monoisotopic (exact) mass is 560 g/mol. The number of nitrogens with zero attached hydrogens (tertiary/aromatic N) is 3. The van der Waals surface area contributed by atoms with Crippen LogP contribution < -0.4 is 16.2 Å². The van der Waals surface area contributed by atoms with E-state index < -0.39 is 33.4 Å². The van der Waals surface area contributed by atoms with Crippen molar-refractivity contribution in [3.63, 3.8) is 0 Å². The van der Waals surface area contributed by atoms with Crippen LogP contribution in [0.5, 0.6) is 0 Å². The topological polar surface area (TPSA) is 138 Å². The minimum atomic E-state index is -4.00. The van der Waals surface area contributed by atoms with E-state index in [9.17, 15) is 26.9 Å². The fraction of sp³-hybridized carbons (Fsp3) is 0.320. The lowest BCUT2D eigenvalue weighted by Gasteiger charge is -2.26. The number of anilines is 1. The van der Waals surface area contributed by atoms with Crippen LogP contribution in [0.3, 0.4) is 0 Å². The van der Waals surface area contributed by atoms with Crippen LogP contribution >= 0.6 is 0 Å². The standard InChI is InChI=1S/C25H26F2N6O5S/c1-14-6-7-18(39(36,37)38-17-4-3-5-17)9-21(14)31-25(35)20-12-29-33-13-32(27)23(10-22(20)33)30-15(2)19-8-16(26)11-28-24(19)34/h6-12,15,17,30H,3-5,13H2,1-2H3,(H,28,34)(H,31,35)/t15-/m1/s1. The summed E-state index contributed by atoms with van der Waals surface area (Å²) in [7, 11) is -4.00. The molecule has 2 aliphatic rings. The van der Waals surface area contributed by atoms with Gasteiger partial charge in [0, 0.05) is 23.5 Å². The molecule has 0 bridgehead atoms. The van der Waals surface area contributed by atoms with E-state index in [-0.39, 0.29) is 46.0 Å². The Hall–Kier alpha value is -4.04. The van der Waals surface area contributed by atoms with E-state index in [2.05, 4.69) is 20.7 Å². The third kappa shape index (κ3) is 5.43. The van der Waals surface area contributed by atoms with Crippen LogP contribution in [0.1, 0.15) is 59.4 Å². The number of aromatic nitrogens is 3. The molecule has 1 aliphatic carbocycles. The van der Waals surface area contributed by atoms with E-state index in [0.29, 0.717) is 23.5 Å². The molecule has 1 atom stereocenters. The highest BCUT2D eigenvalue weighted by atomic mass is 32.2. The first-order valence-electron chi connectivity index (χ1n) is 12.2. The van der Waals surface area contributed by atoms with E-state index in [1.807, 2.05) is 0 Å². The maximum Gasteiger partial charge on any atom is 0.297 e. The van der Waals surface area contributed by atoms with E-state index in [1.165, 1.54) is 29.1 Å². The first-order chi connectivity index (χ1) is 18.5. The van der Waals surface area contributed by atoms with Gasteiger partial charge in [-0.15, -0.1) is 0 Å². The van der Waals surface area contributed by atoms with Crippen molar-refractivity contribution < 1.29 is 26.3 Å². The zero-order valence-corrected chi connectivity index (χ0v) is 21.9. The lowest BCUT2D eigenvalue weighted by molar-refractivity contribution is 0.0153. The molecule has 3 N–H and O–H groups in total. The molecule has 1 amide bonds. The number of aromatic amines is 1. The third-order valence-electron chi connectivity index (χ3n) is 6.71. The number of amides is 1. The summed E-state index contributed by atoms with van der Waals surface area (Å²) >= 11 is 0. The van der Waals surface area contributed by atoms with Gasteiger partial charge in [0.15, 0.2) is 0 Å². The first-order valence-corrected chi connectivity index (χ1v) is 13.6. The van der Waals surface area contributed by atoms with Gasteiger partial charge < -0.3 is 15.6 Å². The quantitative estimate of drug-likeness (QED) is 0.282. The van der Waals surface area contributed by atoms with Crippen LogP contribution in [0.15, 0.2) is 52.2 Å². The molecule has 11 nitrogen and oxygen atoms in total. The predicted molar refractivity (Wildman–Crippen MR) is 137 cm³/mol. The van der Waals surface area contributed by atoms with Gasteiger partial charge >= 0.3 is 0 Å². The lowest BCUT2D eigenvalue weighted by atomic mass is 9.97. The van der Waals surface area contributed by atoms with Crippen LogP contribution in [-0.2, 0) is 21.0 Å². The number of nitrogens with one attached hydrogen (secondary N) is 3. The molecule has 2 aromatic heterocycles. The minimum absolute atomic E-state index is 0.0629. The maximum absolute atomic E-state index is 14.8. The summed E-state index contributed by atoms with van der Waals surface area (Å²) in [6, 6.07) is 4.61. The summed E-state index contributed by atoms with van der Waals surface area (Å²) in [5, 5.41) is 9.95. The summed E-state index contributed by atoms with van der Waals surface area (Å²) < 4.78 is 60.3. The van der Waals surface area contributed by atoms with E-state index >= 15 is 0 Å². The van der Waals surface area contributed by atoms with Gasteiger partial charge in [0.2, 0.25) is 0 Å². The molecule has 1 saturated carbocycles. The van der Waals surface area contributed by atoms with Crippen LogP contribution in [0.25, 0.3) is 6.08 Å². The summed E-state index contributed by atoms with van der Waals surface area (Å²) in [4.78, 5) is 27.5. The maximum atomic E-state index is 14.8. The number of hydrogen-bond acceptors (Lipinski definition) is 8. The smallest absolute Gasteiger partial charge is 0.297 e. The van der Waals surface area contributed by atoms with Gasteiger partial charge in [-0.05, 0) is 56.9 Å². The summed E-state index contributed by atoms with van der Waals surface area (Å²) in [5.41, 5.74) is 0.807. The Morgan fingerprint density at radius 3 is 2.77 bits per heavy atom. The van der Waals surface area contributed by atoms with Gasteiger partial charge in [-0.1, -0.05) is 10.5 Å². The molecule has 14 heteroatoms. The normalized spacial score (nSPS) is 16.2. The Labute approximate surface area is 222 Å². The molecule has 1 aliphatic heterocycles. The van der Waals surface area contributed by atoms with Crippen molar-refractivity contribution in [3.05, 3.63) is 81.0 Å². The number of carbonyl (C=O) groups excluding carboxylic acids is 1. The van der Waals surface area contributed by atoms with Crippen molar-refractivity contribution in [2.24, 2.45) is 0 Å². The molecule has 0 unspecified atom stereocenters. The molecule has 0 saturated heterocycles. The Bertz CT molecular complexity index is 1630. The number of aryl methyl sites for hydroxylation is 1. The van der Waals surface area contributed by atoms with Crippen molar-refractivity contribution in [3.8, 4) is 0 Å². The summed E-state index contributed by atoms with van der Waals surface area (Å²) in [6.45, 7) is 2.93. The average molecular weight is 561 g/mol. The molecular weight excluding hydrogens is 534 g/mol. The molecular formula is C25H26F2N6O5S. The van der Waals surface area contributed by atoms with Gasteiger partial charge in [-0.3, -0.25) is 13.8 Å². The van der Waals surface area contributed by atoms with Crippen LogP contribution in [0.2, 0.25) is 0 Å². The molecule has 206 valence electrons. The summed E-state index contributed by atoms with van der Waals surface area (Å²) in [5.74, 6) is -1.30. The fourth-order valence-electron chi connectivity index (χ4n) is 4.22. The van der Waals surface area contributed by atoms with Crippen LogP contribution in [0.4, 0.5) is 14.6 Å². The van der Waals surface area contributed by atoms with Crippen molar-refractivity contribution in [2.45, 2.75) is 56.8 Å². The first kappa shape index (κ1) is 26.6. The molecule has 1 fully saturated rings. The van der Waals surface area contributed by atoms with E-state index in [4.69, 9.17) is 4.18 Å². The highest BCUT2D eigenvalue weighted by Gasteiger charge is 2.28. The number of rotatable bonds is 8. The molecule has 5 rings (SSSR count). The number of hydrogen-bond donors (Lipinski definition) is 3. The van der Waals surface area contributed by atoms with Gasteiger partial charge in [0.25, 0.3) is 21.6 Å². The highest BCUT2D eigenvalue weighted by molar-refractivity contribution is 7.86. The molecule has 39 heavy (non-hydrogen) atoms. The SMILES string of the molecule is Cc1ccc(S(=O)(=O)OC2CCC2)cc1NC(=O)c1cnn2c1C=C(N[C@H](C)c1cc(F)c[nH]c1=O)N(F)C2. The molecule has 0 spiro atoms. The third-order valence-corrected chi connectivity index (χ3v) is 8.06. The number of benzene rings is 1. The van der Waals surface area contributed by atoms with Gasteiger partial charge in [0.05, 0.1) is 34.5 Å². The number of pyridine rings is 1. The Kier molecular flexibility index (Phi) is 6.99. The van der Waals surface area contributed by atoms with Crippen LogP contribution in [-0.4, -0.2) is 40.3 Å². The predicted octanol–water partition coefficient (Wildman–Crippen LogP) is 3.34. The Balaban J connectivity index is 1.38. The van der Waals surface area contributed by atoms with Crippen molar-refractivity contribution >= 4 is 27.8 Å². The second-order valence-electron chi connectivity index (χ2n) is 9.48. The number of H-pyrrole nitrogens is 1. The van der Waals surface area contributed by atoms with Crippen molar-refractivity contribution in [1.29, 1.82) is 0 Å². The largest absolute Gasteiger partial charge is 0.363 e. The average Bonchev–Trinajstić information content (AvgIpc) is 3.27. The van der Waals surface area contributed by atoms with E-state index in [0.717, 1.165) is 18.7 Å². The molecule has 1 aromatic carbocycles. The highest BCUT2D eigenvalue weighted by Crippen LogP contribution is 2.29. The van der Waals surface area contributed by atoms with Crippen molar-refractivity contribution in [2.75, 3.05) is 5.32 Å². The fourth-order valence-corrected chi connectivity index (χ4v) is 5.38.